The first-order valence-electron chi connectivity index (χ1n) is 34.4. The molecule has 1 heterocycles. The summed E-state index contributed by atoms with van der Waals surface area (Å²) in [6, 6.07) is 16.9. The Bertz CT molecular complexity index is 3140. The average molecular weight is 1350 g/mol. The molecule has 5 rings (SSSR count). The molecule has 22 nitrogen and oxygen atoms in total. The second kappa shape index (κ2) is 40.3. The van der Waals surface area contributed by atoms with Crippen LogP contribution in [0.25, 0.3) is 0 Å². The number of nitrogens with one attached hydrogen (secondary N) is 3. The third kappa shape index (κ3) is 25.2. The predicted molar refractivity (Wildman–Crippen MR) is 371 cm³/mol. The zero-order chi connectivity index (χ0) is 71.2. The van der Waals surface area contributed by atoms with Crippen molar-refractivity contribution in [1.82, 2.24) is 30.2 Å². The van der Waals surface area contributed by atoms with Gasteiger partial charge in [0.05, 0.1) is 38.9 Å². The number of esters is 2. The largest absolute Gasteiger partial charge is 0.493 e. The smallest absolute Gasteiger partial charge is 0.330 e. The summed E-state index contributed by atoms with van der Waals surface area (Å²) in [5.41, 5.74) is 0.986. The SMILES string of the molecule is C=CC(=O)OCC(C)(C)C(=O)C(=O)N1CCCCC1C(=O)O[C@H](CCc1ccc(OC)c(OC)c1)c1cccc(NC(=O)CCC(=O)N(C)C(CC(C)C)C(=O)N[C@H](Cc2ccccc2)C(=O)N(C)C(C(=O)NCC(=O)N(C)CC/C=C\CCOC2CCCCCC2)C(C)CC)c1. The lowest BCUT2D eigenvalue weighted by Crippen LogP contribution is -2.59. The fourth-order valence-corrected chi connectivity index (χ4v) is 12.0. The summed E-state index contributed by atoms with van der Waals surface area (Å²) in [4.78, 5) is 144. The second-order valence-electron chi connectivity index (χ2n) is 26.6. The van der Waals surface area contributed by atoms with Crippen LogP contribution < -0.4 is 25.4 Å². The Kier molecular flexibility index (Phi) is 33.0. The van der Waals surface area contributed by atoms with Crippen molar-refractivity contribution < 1.29 is 71.6 Å². The Morgan fingerprint density at radius 2 is 1.44 bits per heavy atom. The number of anilines is 1. The van der Waals surface area contributed by atoms with Gasteiger partial charge in [-0.25, -0.2) is 9.59 Å². The Hall–Kier alpha value is -8.40. The highest BCUT2D eigenvalue weighted by atomic mass is 16.5. The van der Waals surface area contributed by atoms with E-state index in [4.69, 9.17) is 23.7 Å². The predicted octanol–water partition coefficient (Wildman–Crippen LogP) is 9.47. The van der Waals surface area contributed by atoms with E-state index in [9.17, 15) is 47.9 Å². The number of likely N-dealkylation sites (N-methyl/N-ethyl adjacent to an activating group) is 3. The molecule has 0 aromatic heterocycles. The minimum absolute atomic E-state index is 0.0600. The van der Waals surface area contributed by atoms with E-state index in [0.717, 1.165) is 36.5 Å². The van der Waals surface area contributed by atoms with Crippen LogP contribution in [-0.4, -0.2) is 177 Å². The van der Waals surface area contributed by atoms with Gasteiger partial charge >= 0.3 is 11.9 Å². The van der Waals surface area contributed by atoms with Gasteiger partial charge in [-0.05, 0) is 131 Å². The standard InChI is InChI=1S/C75H107N7O15/c1-13-52(5)68(71(89)76-49-66(85)79(8)42-25-17-18-27-44-95-57-33-22-15-16-23-34-57)81(10)72(90)58(46-53-29-20-19-21-30-53)78-70(88)60(45-51(3)4)80(9)65(84)41-40-64(83)77-56-32-28-31-55(48-56)61(38-36-54-37-39-62(93-11)63(47-54)94-12)97-74(92)59-35-24-26-43-82(59)73(91)69(87)75(6,7)50-96-67(86)14-2/h14,17-21,28-32,37,39,47-48,51-52,57-61,68H,2,13,15-16,22-27,33-36,38,40-46,49-50H2,1,3-12H3,(H,76,89)(H,77,83)(H,78,88)/b18-17-/t52?,58-,59?,60?,61-,68?/m1/s1. The van der Waals surface area contributed by atoms with Crippen LogP contribution >= 0.6 is 0 Å². The fourth-order valence-electron chi connectivity index (χ4n) is 12.0. The third-order valence-electron chi connectivity index (χ3n) is 18.1. The van der Waals surface area contributed by atoms with Crippen LogP contribution in [0.2, 0.25) is 0 Å². The number of ketones is 1. The first-order chi connectivity index (χ1) is 46.3. The molecule has 1 aliphatic carbocycles. The van der Waals surface area contributed by atoms with E-state index in [-0.39, 0.29) is 76.0 Å². The lowest BCUT2D eigenvalue weighted by Gasteiger charge is -2.36. The van der Waals surface area contributed by atoms with Gasteiger partial charge in [0, 0.05) is 65.3 Å². The molecule has 0 spiro atoms. The van der Waals surface area contributed by atoms with Gasteiger partial charge in [-0.1, -0.05) is 127 Å². The van der Waals surface area contributed by atoms with E-state index in [1.165, 1.54) is 82.5 Å². The van der Waals surface area contributed by atoms with Crippen molar-refractivity contribution in [3.63, 3.8) is 0 Å². The van der Waals surface area contributed by atoms with E-state index in [2.05, 4.69) is 28.6 Å². The number of benzene rings is 3. The summed E-state index contributed by atoms with van der Waals surface area (Å²) in [7, 11) is 7.74. The molecule has 6 atom stereocenters. The zero-order valence-electron chi connectivity index (χ0n) is 59.2. The molecule has 7 amide bonds. The van der Waals surface area contributed by atoms with E-state index in [1.807, 2.05) is 76.2 Å². The Labute approximate surface area is 574 Å². The number of piperidine rings is 1. The van der Waals surface area contributed by atoms with Crippen LogP contribution in [0.5, 0.6) is 11.5 Å². The van der Waals surface area contributed by atoms with E-state index in [0.29, 0.717) is 74.1 Å². The maximum absolute atomic E-state index is 14.9. The highest BCUT2D eigenvalue weighted by Crippen LogP contribution is 2.33. The summed E-state index contributed by atoms with van der Waals surface area (Å²) >= 11 is 0. The monoisotopic (exact) mass is 1350 g/mol. The molecule has 1 saturated carbocycles. The number of rotatable bonds is 38. The number of carbonyl (C=O) groups excluding carboxylic acids is 10. The van der Waals surface area contributed by atoms with Crippen molar-refractivity contribution in [1.29, 1.82) is 0 Å². The van der Waals surface area contributed by atoms with Gasteiger partial charge in [0.15, 0.2) is 11.5 Å². The van der Waals surface area contributed by atoms with Gasteiger partial charge in [0.25, 0.3) is 5.91 Å². The lowest BCUT2D eigenvalue weighted by molar-refractivity contribution is -0.165. The number of aryl methyl sites for hydroxylation is 1. The van der Waals surface area contributed by atoms with Gasteiger partial charge in [0.2, 0.25) is 41.2 Å². The molecule has 2 aliphatic rings. The van der Waals surface area contributed by atoms with E-state index < -0.39 is 88.9 Å². The maximum Gasteiger partial charge on any atom is 0.330 e. The van der Waals surface area contributed by atoms with Crippen LogP contribution in [0.3, 0.4) is 0 Å². The molecule has 3 aromatic carbocycles. The van der Waals surface area contributed by atoms with Crippen LogP contribution in [-0.2, 0) is 75.0 Å². The molecular formula is C75H107N7O15. The van der Waals surface area contributed by atoms with Crippen molar-refractivity contribution in [2.75, 3.05) is 73.5 Å². The van der Waals surface area contributed by atoms with Gasteiger partial charge in [-0.2, -0.15) is 0 Å². The van der Waals surface area contributed by atoms with Gasteiger partial charge in [-0.3, -0.25) is 38.4 Å². The molecule has 3 N–H and O–H groups in total. The minimum atomic E-state index is -1.41. The number of ether oxygens (including phenoxy) is 5. The summed E-state index contributed by atoms with van der Waals surface area (Å²) in [5.74, 6) is -5.65. The molecule has 1 aliphatic heterocycles. The van der Waals surface area contributed by atoms with E-state index >= 15 is 0 Å². The first kappa shape index (κ1) is 79.3. The molecule has 532 valence electrons. The number of amides is 7. The Morgan fingerprint density at radius 3 is 2.11 bits per heavy atom. The quantitative estimate of drug-likeness (QED) is 0.0120. The summed E-state index contributed by atoms with van der Waals surface area (Å²) in [6.07, 6.45) is 15.3. The summed E-state index contributed by atoms with van der Waals surface area (Å²) in [6.45, 7) is 14.5. The van der Waals surface area contributed by atoms with Crippen LogP contribution in [0.1, 0.15) is 167 Å². The molecule has 4 unspecified atom stereocenters. The average Bonchev–Trinajstić information content (AvgIpc) is 0.866. The summed E-state index contributed by atoms with van der Waals surface area (Å²) in [5, 5.41) is 8.60. The highest BCUT2D eigenvalue weighted by Gasteiger charge is 2.43. The van der Waals surface area contributed by atoms with Crippen molar-refractivity contribution in [3.8, 4) is 11.5 Å². The lowest BCUT2D eigenvalue weighted by atomic mass is 9.87. The number of hydrogen-bond donors (Lipinski definition) is 3. The van der Waals surface area contributed by atoms with Crippen LogP contribution in [0, 0.1) is 17.3 Å². The number of carbonyl (C=O) groups is 10. The van der Waals surface area contributed by atoms with Crippen LogP contribution in [0.4, 0.5) is 5.69 Å². The fraction of sp³-hybridized carbons (Fsp3) is 0.573. The number of likely N-dealkylation sites (tertiary alicyclic amines) is 1. The second-order valence-corrected chi connectivity index (χ2v) is 26.6. The molecule has 1 saturated heterocycles. The number of methoxy groups -OCH3 is 2. The molecule has 0 bridgehead atoms. The maximum atomic E-state index is 14.9. The van der Waals surface area contributed by atoms with Gasteiger partial charge in [-0.15, -0.1) is 0 Å². The first-order valence-corrected chi connectivity index (χ1v) is 34.4. The third-order valence-corrected chi connectivity index (χ3v) is 18.1. The Balaban J connectivity index is 1.26. The summed E-state index contributed by atoms with van der Waals surface area (Å²) < 4.78 is 28.5. The van der Waals surface area contributed by atoms with Crippen molar-refractivity contribution in [2.24, 2.45) is 17.3 Å². The van der Waals surface area contributed by atoms with Crippen molar-refractivity contribution >= 4 is 64.8 Å². The normalized spacial score (nSPS) is 15.9. The molecular weight excluding hydrogens is 1240 g/mol. The number of Topliss-reactive ketones (excluding diaryl/α,β-unsaturated/α-hetero) is 1. The van der Waals surface area contributed by atoms with Gasteiger partial charge in [0.1, 0.15) is 36.9 Å². The molecule has 22 heteroatoms. The zero-order valence-corrected chi connectivity index (χ0v) is 59.2. The molecule has 97 heavy (non-hydrogen) atoms. The number of nitrogens with zero attached hydrogens (tertiary/aromatic N) is 4. The number of hydrogen-bond acceptors (Lipinski definition) is 15. The topological polar surface area (TPSA) is 266 Å². The Morgan fingerprint density at radius 1 is 0.753 bits per heavy atom. The highest BCUT2D eigenvalue weighted by molar-refractivity contribution is 6.38. The van der Waals surface area contributed by atoms with Gasteiger partial charge < -0.3 is 59.2 Å². The minimum Gasteiger partial charge on any atom is -0.493 e. The van der Waals surface area contributed by atoms with Crippen molar-refractivity contribution in [2.45, 2.75) is 193 Å². The van der Waals surface area contributed by atoms with E-state index in [1.54, 1.807) is 42.3 Å². The van der Waals surface area contributed by atoms with Crippen molar-refractivity contribution in [3.05, 3.63) is 114 Å². The molecule has 2 fully saturated rings. The molecule has 3 aromatic rings. The molecule has 0 radical (unpaired) electrons. The van der Waals surface area contributed by atoms with Crippen LogP contribution in [0.15, 0.2) is 97.6 Å².